The van der Waals surface area contributed by atoms with Crippen LogP contribution < -0.4 is 25.4 Å². The van der Waals surface area contributed by atoms with Gasteiger partial charge >= 0.3 is 5.97 Å². The number of rotatable bonds is 9. The molecular weight excluding hydrogens is 517 g/mol. The highest BCUT2D eigenvalue weighted by Crippen LogP contribution is 2.60. The lowest BCUT2D eigenvalue weighted by Gasteiger charge is -2.70. The summed E-state index contributed by atoms with van der Waals surface area (Å²) in [4.78, 5) is 37.2. The number of hydrogen-bond acceptors (Lipinski definition) is 7. The monoisotopic (exact) mass is 545 g/mol. The summed E-state index contributed by atoms with van der Waals surface area (Å²) < 4.78 is 29.7. The van der Waals surface area contributed by atoms with Crippen molar-refractivity contribution in [1.82, 2.24) is 16.0 Å². The van der Waals surface area contributed by atoms with Gasteiger partial charge in [0, 0.05) is 35.2 Å². The summed E-state index contributed by atoms with van der Waals surface area (Å²) >= 11 is 5.66. The quantitative estimate of drug-likeness (QED) is 0.415. The largest absolute Gasteiger partial charge is 0.484 e. The molecule has 3 fully saturated rings. The van der Waals surface area contributed by atoms with E-state index in [-0.39, 0.29) is 52.9 Å². The van der Waals surface area contributed by atoms with E-state index in [1.54, 1.807) is 0 Å². The van der Waals surface area contributed by atoms with Crippen molar-refractivity contribution in [2.24, 2.45) is 0 Å². The predicted octanol–water partition coefficient (Wildman–Crippen LogP) is 2.73. The van der Waals surface area contributed by atoms with E-state index in [0.29, 0.717) is 31.4 Å². The molecule has 202 valence electrons. The first-order valence-corrected chi connectivity index (χ1v) is 12.8. The van der Waals surface area contributed by atoms with Crippen molar-refractivity contribution in [1.29, 1.82) is 0 Å². The fourth-order valence-electron chi connectivity index (χ4n) is 5.66. The molecule has 9 nitrogen and oxygen atoms in total. The highest BCUT2D eigenvalue weighted by atomic mass is 35.5. The van der Waals surface area contributed by atoms with Gasteiger partial charge in [0.1, 0.15) is 17.3 Å². The number of halogens is 2. The summed E-state index contributed by atoms with van der Waals surface area (Å²) in [5.41, 5.74) is 1.19. The Hall–Kier alpha value is -3.37. The van der Waals surface area contributed by atoms with E-state index in [1.807, 2.05) is 25.1 Å². The first-order valence-electron chi connectivity index (χ1n) is 12.4. The maximum absolute atomic E-state index is 13.5. The molecule has 0 aromatic heterocycles. The Morgan fingerprint density at radius 1 is 1.11 bits per heavy atom. The Bertz CT molecular complexity index is 1270. The summed E-state index contributed by atoms with van der Waals surface area (Å²) in [7, 11) is 1.33. The van der Waals surface area contributed by atoms with Gasteiger partial charge in [0.15, 0.2) is 12.7 Å². The molecule has 3 aliphatic carbocycles. The van der Waals surface area contributed by atoms with Gasteiger partial charge in [0.2, 0.25) is 0 Å². The van der Waals surface area contributed by atoms with Crippen LogP contribution in [-0.4, -0.2) is 55.2 Å². The number of benzene rings is 2. The minimum absolute atomic E-state index is 0.0195. The Balaban J connectivity index is 1.13. The van der Waals surface area contributed by atoms with Crippen molar-refractivity contribution in [3.8, 4) is 11.5 Å². The van der Waals surface area contributed by atoms with Crippen LogP contribution in [0.5, 0.6) is 11.5 Å². The SMILES string of the molecule is COC(=O)CNC1CC(C(=O)NC23CC(NC(=O)COc4ccc(Cl)c(F)c4)(C2)C3)Oc2ccc(C)cc21. The zero-order valence-corrected chi connectivity index (χ0v) is 21.8. The lowest BCUT2D eigenvalue weighted by Crippen LogP contribution is -2.84. The number of aryl methyl sites for hydroxylation is 1. The average Bonchev–Trinajstić information content (AvgIpc) is 2.85. The predicted molar refractivity (Wildman–Crippen MR) is 135 cm³/mol. The molecule has 0 spiro atoms. The molecule has 1 aliphatic heterocycles. The van der Waals surface area contributed by atoms with Gasteiger partial charge in [-0.25, -0.2) is 4.39 Å². The number of carbonyl (C=O) groups excluding carboxylic acids is 3. The van der Waals surface area contributed by atoms with Crippen molar-refractivity contribution in [3.05, 3.63) is 58.4 Å². The smallest absolute Gasteiger partial charge is 0.319 e. The van der Waals surface area contributed by atoms with Crippen LogP contribution in [0.1, 0.15) is 42.9 Å². The normalized spacial score (nSPS) is 26.5. The van der Waals surface area contributed by atoms with Gasteiger partial charge in [-0.1, -0.05) is 29.3 Å². The topological polar surface area (TPSA) is 115 Å². The van der Waals surface area contributed by atoms with Crippen LogP contribution in [0.4, 0.5) is 4.39 Å². The first kappa shape index (κ1) is 26.2. The molecule has 2 aromatic carbocycles. The summed E-state index contributed by atoms with van der Waals surface area (Å²) in [6.45, 7) is 1.74. The molecule has 2 atom stereocenters. The van der Waals surface area contributed by atoms with E-state index in [9.17, 15) is 18.8 Å². The standard InChI is InChI=1S/C27H29ClFN3O6/c1-15-3-6-21-17(7-15)20(30-10-24(34)36-2)9-22(38-21)25(35)32-27-12-26(13-27,14-27)31-23(33)11-37-16-4-5-18(28)19(29)8-16/h3-8,20,22,30H,9-14H2,1-2H3,(H,31,33)(H,32,35). The van der Waals surface area contributed by atoms with Crippen LogP contribution in [0.15, 0.2) is 36.4 Å². The third-order valence-corrected chi connectivity index (χ3v) is 7.66. The van der Waals surface area contributed by atoms with E-state index in [2.05, 4.69) is 16.0 Å². The van der Waals surface area contributed by atoms with Gasteiger partial charge in [-0.2, -0.15) is 0 Å². The molecule has 1 heterocycles. The number of ether oxygens (including phenoxy) is 3. The minimum atomic E-state index is -0.729. The number of fused-ring (bicyclic) bond motifs is 1. The third-order valence-electron chi connectivity index (χ3n) is 7.36. The third kappa shape index (κ3) is 5.28. The van der Waals surface area contributed by atoms with Crippen LogP contribution in [0.2, 0.25) is 5.02 Å². The average molecular weight is 546 g/mol. The molecule has 0 radical (unpaired) electrons. The van der Waals surface area contributed by atoms with Gasteiger partial charge in [-0.05, 0) is 44.4 Å². The van der Waals surface area contributed by atoms with Gasteiger partial charge in [0.05, 0.1) is 18.7 Å². The number of esters is 1. The molecule has 6 rings (SSSR count). The minimum Gasteiger partial charge on any atom is -0.484 e. The number of carbonyl (C=O) groups is 3. The molecule has 0 saturated heterocycles. The maximum Gasteiger partial charge on any atom is 0.319 e. The fraction of sp³-hybridized carbons (Fsp3) is 0.444. The van der Waals surface area contributed by atoms with Gasteiger partial charge in [0.25, 0.3) is 11.8 Å². The summed E-state index contributed by atoms with van der Waals surface area (Å²) in [5.74, 6) is -0.736. The summed E-state index contributed by atoms with van der Waals surface area (Å²) in [6.07, 6.45) is 1.46. The highest BCUT2D eigenvalue weighted by molar-refractivity contribution is 6.30. The van der Waals surface area contributed by atoms with Crippen LogP contribution in [0, 0.1) is 12.7 Å². The number of hydrogen-bond donors (Lipinski definition) is 3. The van der Waals surface area contributed by atoms with E-state index in [0.717, 1.165) is 17.2 Å². The highest BCUT2D eigenvalue weighted by Gasteiger charge is 2.69. The second-order valence-corrected chi connectivity index (χ2v) is 10.8. The second kappa shape index (κ2) is 10.1. The van der Waals surface area contributed by atoms with Crippen molar-refractivity contribution in [2.75, 3.05) is 20.3 Å². The molecule has 2 aromatic rings. The molecule has 3 saturated carbocycles. The van der Waals surface area contributed by atoms with Crippen molar-refractivity contribution in [2.45, 2.75) is 55.8 Å². The molecule has 11 heteroatoms. The van der Waals surface area contributed by atoms with Crippen LogP contribution >= 0.6 is 11.6 Å². The zero-order chi connectivity index (χ0) is 27.1. The van der Waals surface area contributed by atoms with Crippen LogP contribution in [-0.2, 0) is 19.1 Å². The van der Waals surface area contributed by atoms with E-state index in [4.69, 9.17) is 25.8 Å². The number of amides is 2. The maximum atomic E-state index is 13.5. The molecular formula is C27H29ClFN3O6. The van der Waals surface area contributed by atoms with Crippen LogP contribution in [0.25, 0.3) is 0 Å². The Labute approximate surface area is 224 Å². The lowest BCUT2D eigenvalue weighted by atomic mass is 9.44. The van der Waals surface area contributed by atoms with Crippen molar-refractivity contribution in [3.63, 3.8) is 0 Å². The molecule has 3 N–H and O–H groups in total. The Morgan fingerprint density at radius 3 is 2.55 bits per heavy atom. The van der Waals surface area contributed by atoms with Crippen LogP contribution in [0.3, 0.4) is 0 Å². The molecule has 38 heavy (non-hydrogen) atoms. The first-order chi connectivity index (χ1) is 18.1. The zero-order valence-electron chi connectivity index (χ0n) is 21.1. The fourth-order valence-corrected chi connectivity index (χ4v) is 5.78. The lowest BCUT2D eigenvalue weighted by molar-refractivity contribution is -0.154. The Kier molecular flexibility index (Phi) is 6.96. The van der Waals surface area contributed by atoms with Crippen molar-refractivity contribution >= 4 is 29.4 Å². The van der Waals surface area contributed by atoms with Gasteiger partial charge < -0.3 is 24.8 Å². The molecule has 2 bridgehead atoms. The molecule has 2 unspecified atom stereocenters. The summed E-state index contributed by atoms with van der Waals surface area (Å²) in [5, 5.41) is 9.24. The van der Waals surface area contributed by atoms with E-state index < -0.39 is 17.9 Å². The van der Waals surface area contributed by atoms with Gasteiger partial charge in [-0.3, -0.25) is 19.7 Å². The van der Waals surface area contributed by atoms with Gasteiger partial charge in [-0.15, -0.1) is 0 Å². The molecule has 2 amide bonds. The number of nitrogens with one attached hydrogen (secondary N) is 3. The van der Waals surface area contributed by atoms with E-state index in [1.165, 1.54) is 19.2 Å². The molecule has 4 aliphatic rings. The summed E-state index contributed by atoms with van der Waals surface area (Å²) in [6, 6.07) is 9.47. The van der Waals surface area contributed by atoms with Crippen molar-refractivity contribution < 1.29 is 33.0 Å². The number of methoxy groups -OCH3 is 1. The second-order valence-electron chi connectivity index (χ2n) is 10.4. The Morgan fingerprint density at radius 2 is 1.84 bits per heavy atom. The van der Waals surface area contributed by atoms with E-state index >= 15 is 0 Å².